The van der Waals surface area contributed by atoms with Crippen LogP contribution in [0, 0.1) is 0 Å². The summed E-state index contributed by atoms with van der Waals surface area (Å²) in [6.07, 6.45) is 3.17. The number of methoxy groups -OCH3 is 1. The van der Waals surface area contributed by atoms with Crippen LogP contribution in [0.4, 0.5) is 5.82 Å². The number of piperazine rings is 1. The minimum absolute atomic E-state index is 0.185. The molecule has 7 nitrogen and oxygen atoms in total. The van der Waals surface area contributed by atoms with Crippen molar-refractivity contribution in [1.82, 2.24) is 15.3 Å². The Balaban J connectivity index is 1.63. The fraction of sp³-hybridized carbons (Fsp3) is 0.474. The number of rotatable bonds is 7. The van der Waals surface area contributed by atoms with E-state index in [1.165, 1.54) is 0 Å². The van der Waals surface area contributed by atoms with Crippen LogP contribution in [0.5, 0.6) is 17.4 Å². The number of aromatic nitrogens is 2. The van der Waals surface area contributed by atoms with Gasteiger partial charge in [-0.05, 0) is 26.0 Å². The summed E-state index contributed by atoms with van der Waals surface area (Å²) < 4.78 is 17.2. The lowest BCUT2D eigenvalue weighted by atomic mass is 10.2. The maximum atomic E-state index is 6.03. The Morgan fingerprint density at radius 3 is 2.77 bits per heavy atom. The molecule has 1 saturated heterocycles. The molecule has 1 N–H and O–H groups in total. The molecule has 1 aliphatic heterocycles. The Bertz CT molecular complexity index is 713. The quantitative estimate of drug-likeness (QED) is 0.813. The molecule has 7 heteroatoms. The molecule has 0 radical (unpaired) electrons. The van der Waals surface area contributed by atoms with Crippen molar-refractivity contribution in [2.75, 3.05) is 38.3 Å². The maximum Gasteiger partial charge on any atom is 0.258 e. The van der Waals surface area contributed by atoms with Crippen molar-refractivity contribution in [3.05, 3.63) is 36.7 Å². The molecule has 1 aromatic heterocycles. The molecule has 140 valence electrons. The van der Waals surface area contributed by atoms with Gasteiger partial charge in [0, 0.05) is 38.1 Å². The molecule has 1 aliphatic rings. The standard InChI is InChI=1S/C19H26N4O3/c1-14-12-23(11-10-20-14)18-19(22-9-8-21-18)26-15(2)13-25-17-7-5-4-6-16(17)24-3/h4-9,14-15,20H,10-13H2,1-3H3. The fourth-order valence-corrected chi connectivity index (χ4v) is 2.91. The van der Waals surface area contributed by atoms with Crippen molar-refractivity contribution in [2.45, 2.75) is 26.0 Å². The monoisotopic (exact) mass is 358 g/mol. The average Bonchev–Trinajstić information content (AvgIpc) is 2.67. The van der Waals surface area contributed by atoms with Crippen LogP contribution in [-0.4, -0.2) is 55.5 Å². The van der Waals surface area contributed by atoms with Crippen LogP contribution in [0.3, 0.4) is 0 Å². The van der Waals surface area contributed by atoms with E-state index >= 15 is 0 Å². The molecular weight excluding hydrogens is 332 g/mol. The summed E-state index contributed by atoms with van der Waals surface area (Å²) in [5.74, 6) is 2.72. The van der Waals surface area contributed by atoms with Crippen molar-refractivity contribution >= 4 is 5.82 Å². The maximum absolute atomic E-state index is 6.03. The molecule has 3 rings (SSSR count). The Morgan fingerprint density at radius 2 is 2.00 bits per heavy atom. The van der Waals surface area contributed by atoms with Gasteiger partial charge in [-0.3, -0.25) is 0 Å². The van der Waals surface area contributed by atoms with E-state index < -0.39 is 0 Å². The summed E-state index contributed by atoms with van der Waals surface area (Å²) in [7, 11) is 1.63. The first kappa shape index (κ1) is 18.3. The Kier molecular flexibility index (Phi) is 6.12. The van der Waals surface area contributed by atoms with Crippen molar-refractivity contribution in [3.63, 3.8) is 0 Å². The van der Waals surface area contributed by atoms with Crippen LogP contribution < -0.4 is 24.4 Å². The van der Waals surface area contributed by atoms with Crippen LogP contribution in [0.25, 0.3) is 0 Å². The van der Waals surface area contributed by atoms with Crippen LogP contribution >= 0.6 is 0 Å². The Labute approximate surface area is 154 Å². The molecule has 0 saturated carbocycles. The first-order valence-electron chi connectivity index (χ1n) is 8.89. The highest BCUT2D eigenvalue weighted by Crippen LogP contribution is 2.27. The van der Waals surface area contributed by atoms with Gasteiger partial charge in [0.25, 0.3) is 5.88 Å². The molecule has 1 aromatic carbocycles. The number of anilines is 1. The summed E-state index contributed by atoms with van der Waals surface area (Å²) in [5, 5.41) is 3.43. The lowest BCUT2D eigenvalue weighted by molar-refractivity contribution is 0.135. The minimum Gasteiger partial charge on any atom is -0.493 e. The van der Waals surface area contributed by atoms with Gasteiger partial charge in [0.05, 0.1) is 7.11 Å². The number of benzene rings is 1. The third-order valence-electron chi connectivity index (χ3n) is 4.17. The Morgan fingerprint density at radius 1 is 1.23 bits per heavy atom. The zero-order valence-corrected chi connectivity index (χ0v) is 15.5. The highest BCUT2D eigenvalue weighted by molar-refractivity contribution is 5.48. The van der Waals surface area contributed by atoms with E-state index in [4.69, 9.17) is 14.2 Å². The van der Waals surface area contributed by atoms with Crippen molar-refractivity contribution in [1.29, 1.82) is 0 Å². The van der Waals surface area contributed by atoms with Crippen LogP contribution in [-0.2, 0) is 0 Å². The predicted octanol–water partition coefficient (Wildman–Crippen LogP) is 2.13. The number of ether oxygens (including phenoxy) is 3. The molecular formula is C19H26N4O3. The molecule has 0 amide bonds. The molecule has 0 aliphatic carbocycles. The molecule has 2 heterocycles. The third-order valence-corrected chi connectivity index (χ3v) is 4.17. The summed E-state index contributed by atoms with van der Waals surface area (Å²) in [5.41, 5.74) is 0. The van der Waals surface area contributed by atoms with E-state index in [1.807, 2.05) is 31.2 Å². The topological polar surface area (TPSA) is 68.7 Å². The normalized spacial score (nSPS) is 18.3. The Hall–Kier alpha value is -2.54. The van der Waals surface area contributed by atoms with Crippen molar-refractivity contribution in [2.24, 2.45) is 0 Å². The molecule has 2 unspecified atom stereocenters. The van der Waals surface area contributed by atoms with E-state index in [0.29, 0.717) is 30.0 Å². The second kappa shape index (κ2) is 8.71. The second-order valence-electron chi connectivity index (χ2n) is 6.38. The van der Waals surface area contributed by atoms with Crippen molar-refractivity contribution < 1.29 is 14.2 Å². The van der Waals surface area contributed by atoms with Gasteiger partial charge in [-0.15, -0.1) is 0 Å². The van der Waals surface area contributed by atoms with Gasteiger partial charge < -0.3 is 24.4 Å². The molecule has 2 aromatic rings. The first-order chi connectivity index (χ1) is 12.7. The number of hydrogen-bond donors (Lipinski definition) is 1. The summed E-state index contributed by atoms with van der Waals surface area (Å²) in [4.78, 5) is 11.1. The van der Waals surface area contributed by atoms with Crippen LogP contribution in [0.2, 0.25) is 0 Å². The summed E-state index contributed by atoms with van der Waals surface area (Å²) >= 11 is 0. The molecule has 0 spiro atoms. The molecule has 1 fully saturated rings. The molecule has 0 bridgehead atoms. The van der Waals surface area contributed by atoms with E-state index in [1.54, 1.807) is 19.5 Å². The van der Waals surface area contributed by atoms with E-state index in [9.17, 15) is 0 Å². The number of nitrogens with one attached hydrogen (secondary N) is 1. The second-order valence-corrected chi connectivity index (χ2v) is 6.38. The highest BCUT2D eigenvalue weighted by Gasteiger charge is 2.22. The van der Waals surface area contributed by atoms with Gasteiger partial charge >= 0.3 is 0 Å². The van der Waals surface area contributed by atoms with E-state index in [2.05, 4.69) is 27.1 Å². The first-order valence-corrected chi connectivity index (χ1v) is 8.89. The molecule has 2 atom stereocenters. The van der Waals surface area contributed by atoms with Crippen molar-refractivity contribution in [3.8, 4) is 17.4 Å². The SMILES string of the molecule is COc1ccccc1OCC(C)Oc1nccnc1N1CCNC(C)C1. The smallest absolute Gasteiger partial charge is 0.258 e. The zero-order valence-electron chi connectivity index (χ0n) is 15.5. The van der Waals surface area contributed by atoms with E-state index in [-0.39, 0.29) is 6.10 Å². The average molecular weight is 358 g/mol. The largest absolute Gasteiger partial charge is 0.493 e. The van der Waals surface area contributed by atoms with Gasteiger partial charge in [0.2, 0.25) is 0 Å². The third kappa shape index (κ3) is 4.54. The van der Waals surface area contributed by atoms with E-state index in [0.717, 1.165) is 25.5 Å². The van der Waals surface area contributed by atoms with Gasteiger partial charge in [-0.25, -0.2) is 9.97 Å². The van der Waals surface area contributed by atoms with Gasteiger partial charge in [0.1, 0.15) is 12.7 Å². The lowest BCUT2D eigenvalue weighted by Crippen LogP contribution is -2.49. The highest BCUT2D eigenvalue weighted by atomic mass is 16.5. The summed E-state index contributed by atoms with van der Waals surface area (Å²) in [6, 6.07) is 7.97. The van der Waals surface area contributed by atoms with Gasteiger partial charge in [-0.1, -0.05) is 12.1 Å². The number of nitrogens with zero attached hydrogens (tertiary/aromatic N) is 3. The predicted molar refractivity (Wildman–Crippen MR) is 100 cm³/mol. The number of hydrogen-bond acceptors (Lipinski definition) is 7. The zero-order chi connectivity index (χ0) is 18.4. The lowest BCUT2D eigenvalue weighted by Gasteiger charge is -2.33. The number of para-hydroxylation sites is 2. The fourth-order valence-electron chi connectivity index (χ4n) is 2.91. The summed E-state index contributed by atoms with van der Waals surface area (Å²) in [6.45, 7) is 7.17. The minimum atomic E-state index is -0.185. The van der Waals surface area contributed by atoms with Gasteiger partial charge in [0.15, 0.2) is 17.3 Å². The van der Waals surface area contributed by atoms with Gasteiger partial charge in [-0.2, -0.15) is 0 Å². The van der Waals surface area contributed by atoms with Crippen LogP contribution in [0.15, 0.2) is 36.7 Å². The van der Waals surface area contributed by atoms with Crippen LogP contribution in [0.1, 0.15) is 13.8 Å². The molecule has 26 heavy (non-hydrogen) atoms.